The lowest BCUT2D eigenvalue weighted by Crippen LogP contribution is -2.42. The molecule has 0 radical (unpaired) electrons. The quantitative estimate of drug-likeness (QED) is 0.227. The van der Waals surface area contributed by atoms with Gasteiger partial charge in [0.1, 0.15) is 10.4 Å². The molecule has 1 rings (SSSR count). The normalized spacial score (nSPS) is 14.0. The Morgan fingerprint density at radius 1 is 1.29 bits per heavy atom. The molecule has 0 spiro atoms. The maximum Gasteiger partial charge on any atom is 0.191 e. The molecule has 21 heavy (non-hydrogen) atoms. The van der Waals surface area contributed by atoms with Gasteiger partial charge in [-0.05, 0) is 46.2 Å². The van der Waals surface area contributed by atoms with Gasteiger partial charge in [0.25, 0.3) is 0 Å². The van der Waals surface area contributed by atoms with E-state index in [1.54, 1.807) is 6.20 Å². The van der Waals surface area contributed by atoms with E-state index in [4.69, 9.17) is 9.16 Å². The van der Waals surface area contributed by atoms with Crippen LogP contribution in [0.5, 0.6) is 5.75 Å². The van der Waals surface area contributed by atoms with E-state index in [1.807, 2.05) is 12.1 Å². The van der Waals surface area contributed by atoms with Crippen LogP contribution >= 0.6 is 38.5 Å². The minimum absolute atomic E-state index is 0.249. The largest absolute Gasteiger partial charge is 0.492 e. The highest BCUT2D eigenvalue weighted by molar-refractivity contribution is 14.1. The SMILES string of the molecule is CC(C)(C)[Si](C)(C)OCC(CI)COc1ccc(Br)nc1. The number of hydrogen-bond acceptors (Lipinski definition) is 3. The molecule has 0 N–H and O–H groups in total. The van der Waals surface area contributed by atoms with Gasteiger partial charge in [-0.3, -0.25) is 0 Å². The number of hydrogen-bond donors (Lipinski definition) is 0. The monoisotopic (exact) mass is 485 g/mol. The Balaban J connectivity index is 2.47. The van der Waals surface area contributed by atoms with Gasteiger partial charge in [-0.25, -0.2) is 4.98 Å². The summed E-state index contributed by atoms with van der Waals surface area (Å²) in [4.78, 5) is 4.17. The molecule has 6 heteroatoms. The summed E-state index contributed by atoms with van der Waals surface area (Å²) in [5.74, 6) is 1.21. The molecule has 1 aromatic rings. The van der Waals surface area contributed by atoms with Gasteiger partial charge in [0.05, 0.1) is 12.8 Å². The highest BCUT2D eigenvalue weighted by Gasteiger charge is 2.37. The van der Waals surface area contributed by atoms with Crippen molar-refractivity contribution in [1.29, 1.82) is 0 Å². The van der Waals surface area contributed by atoms with Crippen molar-refractivity contribution in [3.8, 4) is 5.75 Å². The standard InChI is InChI=1S/C15H25BrINO2Si/c1-15(2,3)21(4,5)20-11-12(8-17)10-19-13-6-7-14(16)18-9-13/h6-7,9,12H,8,10-11H2,1-5H3. The van der Waals surface area contributed by atoms with Crippen LogP contribution in [0.15, 0.2) is 22.9 Å². The summed E-state index contributed by atoms with van der Waals surface area (Å²) in [5, 5.41) is 0.249. The van der Waals surface area contributed by atoms with Gasteiger partial charge in [-0.1, -0.05) is 43.4 Å². The summed E-state index contributed by atoms with van der Waals surface area (Å²) in [6, 6.07) is 3.82. The van der Waals surface area contributed by atoms with Crippen molar-refractivity contribution in [2.75, 3.05) is 17.6 Å². The summed E-state index contributed by atoms with van der Waals surface area (Å²) in [6.07, 6.45) is 1.74. The molecule has 0 saturated heterocycles. The van der Waals surface area contributed by atoms with Crippen molar-refractivity contribution in [2.45, 2.75) is 38.9 Å². The summed E-state index contributed by atoms with van der Waals surface area (Å²) in [6.45, 7) is 12.8. The number of halogens is 2. The fraction of sp³-hybridized carbons (Fsp3) is 0.667. The molecule has 0 bridgehead atoms. The molecule has 1 aromatic heterocycles. The van der Waals surface area contributed by atoms with Crippen molar-refractivity contribution in [3.05, 3.63) is 22.9 Å². The Morgan fingerprint density at radius 3 is 2.43 bits per heavy atom. The third-order valence-electron chi connectivity index (χ3n) is 3.89. The molecule has 1 atom stereocenters. The number of ether oxygens (including phenoxy) is 1. The van der Waals surface area contributed by atoms with E-state index in [2.05, 4.69) is 77.4 Å². The first-order valence-electron chi connectivity index (χ1n) is 7.10. The Bertz CT molecular complexity index is 434. The number of aromatic nitrogens is 1. The van der Waals surface area contributed by atoms with Crippen LogP contribution in [-0.4, -0.2) is 30.9 Å². The second-order valence-electron chi connectivity index (χ2n) is 6.72. The number of rotatable bonds is 7. The van der Waals surface area contributed by atoms with Crippen LogP contribution in [0.2, 0.25) is 18.1 Å². The number of pyridine rings is 1. The Kier molecular flexibility index (Phi) is 7.63. The lowest BCUT2D eigenvalue weighted by atomic mass is 10.2. The molecular formula is C15H25BrINO2Si. The highest BCUT2D eigenvalue weighted by atomic mass is 127. The third kappa shape index (κ3) is 6.54. The van der Waals surface area contributed by atoms with Gasteiger partial charge >= 0.3 is 0 Å². The average molecular weight is 486 g/mol. The van der Waals surface area contributed by atoms with E-state index in [0.29, 0.717) is 12.5 Å². The topological polar surface area (TPSA) is 31.4 Å². The average Bonchev–Trinajstić information content (AvgIpc) is 2.39. The Hall–Kier alpha value is 0.337. The Labute approximate surface area is 151 Å². The first kappa shape index (κ1) is 19.4. The molecule has 0 aliphatic rings. The predicted molar refractivity (Wildman–Crippen MR) is 103 cm³/mol. The second-order valence-corrected chi connectivity index (χ2v) is 13.2. The maximum absolute atomic E-state index is 6.29. The zero-order valence-corrected chi connectivity index (χ0v) is 18.2. The van der Waals surface area contributed by atoms with E-state index in [0.717, 1.165) is 21.4 Å². The molecule has 0 aromatic carbocycles. The second kappa shape index (κ2) is 8.26. The molecule has 3 nitrogen and oxygen atoms in total. The molecule has 120 valence electrons. The van der Waals surface area contributed by atoms with E-state index in [-0.39, 0.29) is 5.04 Å². The fourth-order valence-electron chi connectivity index (χ4n) is 1.34. The van der Waals surface area contributed by atoms with E-state index < -0.39 is 8.32 Å². The maximum atomic E-state index is 6.29. The van der Waals surface area contributed by atoms with Crippen LogP contribution in [0, 0.1) is 5.92 Å². The van der Waals surface area contributed by atoms with Gasteiger partial charge < -0.3 is 9.16 Å². The van der Waals surface area contributed by atoms with Crippen LogP contribution in [0.25, 0.3) is 0 Å². The zero-order valence-electron chi connectivity index (χ0n) is 13.5. The van der Waals surface area contributed by atoms with Crippen LogP contribution in [0.1, 0.15) is 20.8 Å². The summed E-state index contributed by atoms with van der Waals surface area (Å²) in [5.41, 5.74) is 0. The van der Waals surface area contributed by atoms with E-state index >= 15 is 0 Å². The third-order valence-corrected chi connectivity index (χ3v) is 10.1. The smallest absolute Gasteiger partial charge is 0.191 e. The predicted octanol–water partition coefficient (Wildman–Crippen LogP) is 5.30. The van der Waals surface area contributed by atoms with Crippen molar-refractivity contribution in [2.24, 2.45) is 5.92 Å². The lowest BCUT2D eigenvalue weighted by Gasteiger charge is -2.37. The molecule has 1 unspecified atom stereocenters. The van der Waals surface area contributed by atoms with Crippen LogP contribution in [-0.2, 0) is 4.43 Å². The molecule has 0 saturated carbocycles. The van der Waals surface area contributed by atoms with Crippen LogP contribution in [0.4, 0.5) is 0 Å². The molecule has 1 heterocycles. The fourth-order valence-corrected chi connectivity index (χ4v) is 3.17. The van der Waals surface area contributed by atoms with Gasteiger partial charge in [0, 0.05) is 17.0 Å². The highest BCUT2D eigenvalue weighted by Crippen LogP contribution is 2.36. The van der Waals surface area contributed by atoms with E-state index in [9.17, 15) is 0 Å². The minimum Gasteiger partial charge on any atom is -0.492 e. The molecule has 0 aliphatic heterocycles. The van der Waals surface area contributed by atoms with Crippen molar-refractivity contribution < 1.29 is 9.16 Å². The van der Waals surface area contributed by atoms with Crippen LogP contribution < -0.4 is 4.74 Å². The summed E-state index contributed by atoms with van der Waals surface area (Å²) >= 11 is 5.72. The Morgan fingerprint density at radius 2 is 1.95 bits per heavy atom. The minimum atomic E-state index is -1.68. The lowest BCUT2D eigenvalue weighted by molar-refractivity contribution is 0.181. The summed E-state index contributed by atoms with van der Waals surface area (Å²) < 4.78 is 13.9. The summed E-state index contributed by atoms with van der Waals surface area (Å²) in [7, 11) is -1.68. The van der Waals surface area contributed by atoms with E-state index in [1.165, 1.54) is 0 Å². The first-order chi connectivity index (χ1) is 9.65. The molecule has 0 fully saturated rings. The van der Waals surface area contributed by atoms with Crippen molar-refractivity contribution >= 4 is 46.8 Å². The van der Waals surface area contributed by atoms with Gasteiger partial charge in [-0.2, -0.15) is 0 Å². The number of alkyl halides is 1. The molecule has 0 aliphatic carbocycles. The van der Waals surface area contributed by atoms with Gasteiger partial charge in [0.15, 0.2) is 8.32 Å². The molecular weight excluding hydrogens is 461 g/mol. The van der Waals surface area contributed by atoms with Gasteiger partial charge in [0.2, 0.25) is 0 Å². The first-order valence-corrected chi connectivity index (χ1v) is 12.3. The van der Waals surface area contributed by atoms with Crippen molar-refractivity contribution in [3.63, 3.8) is 0 Å². The zero-order chi connectivity index (χ0) is 16.1. The van der Waals surface area contributed by atoms with Gasteiger partial charge in [-0.15, -0.1) is 0 Å². The number of nitrogens with zero attached hydrogens (tertiary/aromatic N) is 1. The molecule has 0 amide bonds. The van der Waals surface area contributed by atoms with Crippen molar-refractivity contribution in [1.82, 2.24) is 4.98 Å². The van der Waals surface area contributed by atoms with Crippen LogP contribution in [0.3, 0.4) is 0 Å².